The second kappa shape index (κ2) is 6.74. The largest absolute Gasteiger partial charge is 0.467 e. The van der Waals surface area contributed by atoms with Crippen molar-refractivity contribution in [1.82, 2.24) is 9.97 Å². The summed E-state index contributed by atoms with van der Waals surface area (Å²) in [5.41, 5.74) is 2.35. The minimum atomic E-state index is 0.0526. The number of rotatable bonds is 5. The van der Waals surface area contributed by atoms with E-state index in [1.165, 1.54) is 5.56 Å². The highest BCUT2D eigenvalue weighted by molar-refractivity contribution is 5.63. The molecule has 2 N–H and O–H groups in total. The van der Waals surface area contributed by atoms with Gasteiger partial charge >= 0.3 is 0 Å². The molecule has 3 rings (SSSR count). The van der Waals surface area contributed by atoms with Gasteiger partial charge in [-0.1, -0.05) is 39.0 Å². The number of aromatic nitrogens is 2. The molecule has 2 heterocycles. The number of nitrogens with zero attached hydrogens (tertiary/aromatic N) is 2. The highest BCUT2D eigenvalue weighted by Crippen LogP contribution is 2.31. The van der Waals surface area contributed by atoms with Gasteiger partial charge < -0.3 is 15.1 Å². The zero-order valence-corrected chi connectivity index (χ0v) is 14.2. The van der Waals surface area contributed by atoms with Crippen molar-refractivity contribution in [3.63, 3.8) is 0 Å². The molecule has 5 heteroatoms. The van der Waals surface area contributed by atoms with Gasteiger partial charge in [-0.25, -0.2) is 9.97 Å². The van der Waals surface area contributed by atoms with E-state index in [0.29, 0.717) is 6.54 Å². The van der Waals surface area contributed by atoms with Crippen molar-refractivity contribution in [3.8, 4) is 0 Å². The van der Waals surface area contributed by atoms with E-state index in [9.17, 15) is 0 Å². The minimum Gasteiger partial charge on any atom is -0.467 e. The first kappa shape index (κ1) is 16.1. The summed E-state index contributed by atoms with van der Waals surface area (Å²) >= 11 is 0. The van der Waals surface area contributed by atoms with Crippen LogP contribution in [0.4, 0.5) is 17.3 Å². The number of benzene rings is 1. The molecule has 124 valence electrons. The van der Waals surface area contributed by atoms with E-state index < -0.39 is 0 Å². The third-order valence-corrected chi connectivity index (χ3v) is 3.69. The molecule has 3 aromatic rings. The Morgan fingerprint density at radius 2 is 1.79 bits per heavy atom. The Morgan fingerprint density at radius 1 is 1.00 bits per heavy atom. The first-order valence-corrected chi connectivity index (χ1v) is 7.97. The van der Waals surface area contributed by atoms with Crippen LogP contribution in [-0.4, -0.2) is 9.97 Å². The Bertz CT molecular complexity index is 791. The van der Waals surface area contributed by atoms with Gasteiger partial charge in [0.05, 0.1) is 12.8 Å². The summed E-state index contributed by atoms with van der Waals surface area (Å²) in [6, 6.07) is 14.0. The van der Waals surface area contributed by atoms with Gasteiger partial charge in [-0.2, -0.15) is 0 Å². The van der Waals surface area contributed by atoms with E-state index in [-0.39, 0.29) is 5.41 Å². The fourth-order valence-corrected chi connectivity index (χ4v) is 2.50. The van der Waals surface area contributed by atoms with E-state index in [1.807, 2.05) is 24.3 Å². The molecule has 0 amide bonds. The van der Waals surface area contributed by atoms with Crippen molar-refractivity contribution in [2.24, 2.45) is 0 Å². The van der Waals surface area contributed by atoms with Crippen molar-refractivity contribution in [2.75, 3.05) is 10.6 Å². The molecule has 0 radical (unpaired) electrons. The van der Waals surface area contributed by atoms with Crippen molar-refractivity contribution in [1.29, 1.82) is 0 Å². The fraction of sp³-hybridized carbons (Fsp3) is 0.263. The Balaban J connectivity index is 1.75. The highest BCUT2D eigenvalue weighted by Gasteiger charge is 2.17. The van der Waals surface area contributed by atoms with Crippen LogP contribution < -0.4 is 10.6 Å². The maximum atomic E-state index is 5.31. The second-order valence-electron chi connectivity index (χ2n) is 6.64. The van der Waals surface area contributed by atoms with Crippen LogP contribution in [0.25, 0.3) is 0 Å². The van der Waals surface area contributed by atoms with Crippen LogP contribution in [0.15, 0.2) is 59.5 Å². The summed E-state index contributed by atoms with van der Waals surface area (Å²) in [5, 5.41) is 6.63. The van der Waals surface area contributed by atoms with Gasteiger partial charge in [0, 0.05) is 11.8 Å². The number of furan rings is 1. The van der Waals surface area contributed by atoms with Crippen LogP contribution in [-0.2, 0) is 12.0 Å². The summed E-state index contributed by atoms with van der Waals surface area (Å²) in [5.74, 6) is 2.36. The molecule has 2 aromatic heterocycles. The first-order valence-electron chi connectivity index (χ1n) is 7.97. The Hall–Kier alpha value is -2.82. The molecule has 0 fully saturated rings. The standard InChI is InChI=1S/C19H22N4O/c1-19(2,3)15-8-4-5-9-16(15)23-18-11-17(21-13-22-18)20-12-14-7-6-10-24-14/h4-11,13H,12H2,1-3H3,(H2,20,21,22,23). The van der Waals surface area contributed by atoms with E-state index in [2.05, 4.69) is 59.6 Å². The molecule has 0 saturated carbocycles. The molecule has 0 aliphatic carbocycles. The lowest BCUT2D eigenvalue weighted by Gasteiger charge is -2.23. The number of anilines is 3. The zero-order chi connectivity index (χ0) is 17.0. The molecule has 0 saturated heterocycles. The molecule has 0 bridgehead atoms. The lowest BCUT2D eigenvalue weighted by atomic mass is 9.86. The fourth-order valence-electron chi connectivity index (χ4n) is 2.50. The predicted molar refractivity (Wildman–Crippen MR) is 96.5 cm³/mol. The summed E-state index contributed by atoms with van der Waals surface area (Å²) in [7, 11) is 0. The average molecular weight is 322 g/mol. The van der Waals surface area contributed by atoms with Gasteiger partial charge in [0.2, 0.25) is 0 Å². The van der Waals surface area contributed by atoms with E-state index in [0.717, 1.165) is 23.1 Å². The number of hydrogen-bond donors (Lipinski definition) is 2. The van der Waals surface area contributed by atoms with Crippen LogP contribution in [0.2, 0.25) is 0 Å². The van der Waals surface area contributed by atoms with Crippen LogP contribution in [0.5, 0.6) is 0 Å². The van der Waals surface area contributed by atoms with Gasteiger partial charge in [0.1, 0.15) is 23.7 Å². The van der Waals surface area contributed by atoms with Crippen LogP contribution in [0.3, 0.4) is 0 Å². The van der Waals surface area contributed by atoms with Crippen LogP contribution in [0, 0.1) is 0 Å². The van der Waals surface area contributed by atoms with E-state index in [1.54, 1.807) is 12.6 Å². The van der Waals surface area contributed by atoms with E-state index in [4.69, 9.17) is 4.42 Å². The molecule has 0 atom stereocenters. The normalized spacial score (nSPS) is 11.3. The van der Waals surface area contributed by atoms with Crippen LogP contribution in [0.1, 0.15) is 32.1 Å². The summed E-state index contributed by atoms with van der Waals surface area (Å²) in [4.78, 5) is 8.56. The van der Waals surface area contributed by atoms with Crippen LogP contribution >= 0.6 is 0 Å². The molecular weight excluding hydrogens is 300 g/mol. The zero-order valence-electron chi connectivity index (χ0n) is 14.2. The maximum absolute atomic E-state index is 5.31. The second-order valence-corrected chi connectivity index (χ2v) is 6.64. The van der Waals surface area contributed by atoms with Gasteiger partial charge in [-0.3, -0.25) is 0 Å². The number of hydrogen-bond acceptors (Lipinski definition) is 5. The number of para-hydroxylation sites is 1. The smallest absolute Gasteiger partial charge is 0.135 e. The molecule has 0 aliphatic heterocycles. The van der Waals surface area contributed by atoms with Gasteiger partial charge in [-0.05, 0) is 29.2 Å². The van der Waals surface area contributed by atoms with Crippen molar-refractivity contribution < 1.29 is 4.42 Å². The van der Waals surface area contributed by atoms with Crippen molar-refractivity contribution >= 4 is 17.3 Å². The molecular formula is C19H22N4O. The van der Waals surface area contributed by atoms with Crippen molar-refractivity contribution in [3.05, 3.63) is 66.4 Å². The molecule has 5 nitrogen and oxygen atoms in total. The lowest BCUT2D eigenvalue weighted by molar-refractivity contribution is 0.518. The first-order chi connectivity index (χ1) is 11.5. The van der Waals surface area contributed by atoms with E-state index >= 15 is 0 Å². The topological polar surface area (TPSA) is 63.0 Å². The molecule has 1 aromatic carbocycles. The summed E-state index contributed by atoms with van der Waals surface area (Å²) < 4.78 is 5.31. The molecule has 0 aliphatic rings. The third kappa shape index (κ3) is 3.93. The summed E-state index contributed by atoms with van der Waals surface area (Å²) in [6.45, 7) is 7.18. The Morgan fingerprint density at radius 3 is 2.54 bits per heavy atom. The SMILES string of the molecule is CC(C)(C)c1ccccc1Nc1cc(NCc2ccco2)ncn1. The number of nitrogens with one attached hydrogen (secondary N) is 2. The summed E-state index contributed by atoms with van der Waals surface area (Å²) in [6.07, 6.45) is 3.21. The average Bonchev–Trinajstić information content (AvgIpc) is 3.06. The van der Waals surface area contributed by atoms with Gasteiger partial charge in [-0.15, -0.1) is 0 Å². The third-order valence-electron chi connectivity index (χ3n) is 3.69. The predicted octanol–water partition coefficient (Wildman–Crippen LogP) is 4.72. The van der Waals surface area contributed by atoms with Crippen molar-refractivity contribution in [2.45, 2.75) is 32.7 Å². The molecule has 0 spiro atoms. The highest BCUT2D eigenvalue weighted by atomic mass is 16.3. The molecule has 24 heavy (non-hydrogen) atoms. The quantitative estimate of drug-likeness (QED) is 0.711. The lowest BCUT2D eigenvalue weighted by Crippen LogP contribution is -2.13. The Labute approximate surface area is 142 Å². The van der Waals surface area contributed by atoms with Gasteiger partial charge in [0.25, 0.3) is 0 Å². The maximum Gasteiger partial charge on any atom is 0.135 e. The minimum absolute atomic E-state index is 0.0526. The monoisotopic (exact) mass is 322 g/mol. The van der Waals surface area contributed by atoms with Gasteiger partial charge in [0.15, 0.2) is 0 Å². The molecule has 0 unspecified atom stereocenters. The Kier molecular flexibility index (Phi) is 4.51.